The first kappa shape index (κ1) is 20.7. The van der Waals surface area contributed by atoms with Crippen LogP contribution in [0.25, 0.3) is 0 Å². The Labute approximate surface area is 184 Å². The van der Waals surface area contributed by atoms with Gasteiger partial charge in [-0.3, -0.25) is 10.1 Å². The van der Waals surface area contributed by atoms with Gasteiger partial charge in [0.05, 0.1) is 0 Å². The van der Waals surface area contributed by atoms with Gasteiger partial charge in [-0.05, 0) is 54.8 Å². The van der Waals surface area contributed by atoms with E-state index in [0.29, 0.717) is 23.4 Å². The van der Waals surface area contributed by atoms with Crippen molar-refractivity contribution in [3.05, 3.63) is 41.2 Å². The number of rotatable bonds is 8. The summed E-state index contributed by atoms with van der Waals surface area (Å²) in [6.07, 6.45) is 4.59. The molecule has 0 atom stereocenters. The van der Waals surface area contributed by atoms with Crippen molar-refractivity contribution in [1.82, 2.24) is 19.9 Å². The average Bonchev–Trinajstić information content (AvgIpc) is 3.48. The van der Waals surface area contributed by atoms with Crippen LogP contribution in [-0.2, 0) is 11.2 Å². The maximum Gasteiger partial charge on any atom is 0.233 e. The minimum absolute atomic E-state index is 0.110. The molecule has 2 N–H and O–H groups in total. The van der Waals surface area contributed by atoms with E-state index in [1.165, 1.54) is 16.6 Å². The van der Waals surface area contributed by atoms with E-state index in [-0.39, 0.29) is 11.8 Å². The summed E-state index contributed by atoms with van der Waals surface area (Å²) in [5.41, 5.74) is 0.813. The number of aryl methyl sites for hydroxylation is 1. The number of aromatic nitrogens is 4. The number of hydrogen-bond acceptors (Lipinski definition) is 8. The van der Waals surface area contributed by atoms with Crippen molar-refractivity contribution in [1.29, 1.82) is 0 Å². The summed E-state index contributed by atoms with van der Waals surface area (Å²) >= 11 is 3.07. The first-order valence-electron chi connectivity index (χ1n) is 10.1. The molecule has 1 saturated carbocycles. The normalized spacial score (nSPS) is 13.5. The molecule has 7 nitrogen and oxygen atoms in total. The van der Waals surface area contributed by atoms with Gasteiger partial charge in [0.1, 0.15) is 5.82 Å². The summed E-state index contributed by atoms with van der Waals surface area (Å²) in [4.78, 5) is 32.1. The molecule has 1 aromatic carbocycles. The fourth-order valence-electron chi connectivity index (χ4n) is 2.67. The van der Waals surface area contributed by atoms with Crippen molar-refractivity contribution in [2.24, 2.45) is 5.92 Å². The van der Waals surface area contributed by atoms with E-state index in [1.807, 2.05) is 37.4 Å². The molecule has 4 rings (SSSR count). The Balaban J connectivity index is 1.46. The van der Waals surface area contributed by atoms with Gasteiger partial charge in [0, 0.05) is 34.0 Å². The first-order chi connectivity index (χ1) is 14.5. The highest BCUT2D eigenvalue weighted by molar-refractivity contribution is 7.99. The van der Waals surface area contributed by atoms with Gasteiger partial charge in [0.2, 0.25) is 11.9 Å². The molecule has 30 heavy (non-hydrogen) atoms. The molecule has 0 bridgehead atoms. The second kappa shape index (κ2) is 9.09. The Morgan fingerprint density at radius 1 is 1.20 bits per heavy atom. The molecule has 2 heterocycles. The van der Waals surface area contributed by atoms with Crippen molar-refractivity contribution in [3.8, 4) is 0 Å². The number of carbonyl (C=O) groups excluding carboxylic acids is 1. The number of amides is 1. The number of benzene rings is 1. The second-order valence-corrected chi connectivity index (χ2v) is 9.55. The molecule has 0 spiro atoms. The van der Waals surface area contributed by atoms with E-state index in [2.05, 4.69) is 44.4 Å². The van der Waals surface area contributed by atoms with Gasteiger partial charge in [0.25, 0.3) is 0 Å². The molecule has 0 aliphatic heterocycles. The van der Waals surface area contributed by atoms with Crippen LogP contribution in [0.5, 0.6) is 0 Å². The fraction of sp³-hybridized carbons (Fsp3) is 0.381. The van der Waals surface area contributed by atoms with Crippen LogP contribution in [-0.4, -0.2) is 25.8 Å². The molecule has 9 heteroatoms. The van der Waals surface area contributed by atoms with E-state index in [0.717, 1.165) is 34.4 Å². The minimum atomic E-state index is 0.110. The highest BCUT2D eigenvalue weighted by atomic mass is 32.2. The summed E-state index contributed by atoms with van der Waals surface area (Å²) < 4.78 is 0. The van der Waals surface area contributed by atoms with Crippen LogP contribution >= 0.6 is 23.1 Å². The lowest BCUT2D eigenvalue weighted by atomic mass is 10.2. The van der Waals surface area contributed by atoms with Crippen molar-refractivity contribution >= 4 is 45.8 Å². The molecule has 1 aliphatic carbocycles. The highest BCUT2D eigenvalue weighted by Crippen LogP contribution is 2.31. The zero-order chi connectivity index (χ0) is 21.1. The van der Waals surface area contributed by atoms with Gasteiger partial charge in [-0.1, -0.05) is 20.8 Å². The van der Waals surface area contributed by atoms with Gasteiger partial charge >= 0.3 is 0 Å². The maximum atomic E-state index is 11.9. The summed E-state index contributed by atoms with van der Waals surface area (Å²) in [6, 6.07) is 7.75. The number of nitrogens with zero attached hydrogens (tertiary/aromatic N) is 4. The largest absolute Gasteiger partial charge is 0.326 e. The SMILES string of the molecule is CCc1nc(Nc2ncc(C(C)C)s2)nc(Sc2ccc(NC(=O)C3CC3)cc2)n1. The second-order valence-electron chi connectivity index (χ2n) is 7.45. The Morgan fingerprint density at radius 2 is 1.97 bits per heavy atom. The third kappa shape index (κ3) is 5.34. The Bertz CT molecular complexity index is 1030. The molecule has 2 aromatic heterocycles. The van der Waals surface area contributed by atoms with E-state index in [4.69, 9.17) is 0 Å². The lowest BCUT2D eigenvalue weighted by molar-refractivity contribution is -0.117. The van der Waals surface area contributed by atoms with Gasteiger partial charge in [-0.15, -0.1) is 11.3 Å². The minimum Gasteiger partial charge on any atom is -0.326 e. The quantitative estimate of drug-likeness (QED) is 0.494. The van der Waals surface area contributed by atoms with Crippen molar-refractivity contribution in [2.45, 2.75) is 56.0 Å². The summed E-state index contributed by atoms with van der Waals surface area (Å²) in [6.45, 7) is 6.31. The van der Waals surface area contributed by atoms with Gasteiger partial charge in [-0.2, -0.15) is 9.97 Å². The van der Waals surface area contributed by atoms with Crippen LogP contribution in [0.15, 0.2) is 40.5 Å². The average molecular weight is 441 g/mol. The van der Waals surface area contributed by atoms with Crippen molar-refractivity contribution < 1.29 is 4.79 Å². The van der Waals surface area contributed by atoms with Crippen molar-refractivity contribution in [2.75, 3.05) is 10.6 Å². The predicted octanol–water partition coefficient (Wildman–Crippen LogP) is 5.26. The van der Waals surface area contributed by atoms with Gasteiger partial charge < -0.3 is 5.32 Å². The van der Waals surface area contributed by atoms with E-state index >= 15 is 0 Å². The zero-order valence-electron chi connectivity index (χ0n) is 17.2. The van der Waals surface area contributed by atoms with E-state index in [1.54, 1.807) is 11.3 Å². The fourth-order valence-corrected chi connectivity index (χ4v) is 4.24. The lowest BCUT2D eigenvalue weighted by Crippen LogP contribution is -2.12. The first-order valence-corrected chi connectivity index (χ1v) is 11.7. The van der Waals surface area contributed by atoms with Crippen LogP contribution in [0, 0.1) is 5.92 Å². The summed E-state index contributed by atoms with van der Waals surface area (Å²) in [7, 11) is 0. The Kier molecular flexibility index (Phi) is 6.29. The van der Waals surface area contributed by atoms with Crippen LogP contribution in [0.4, 0.5) is 16.8 Å². The molecule has 0 radical (unpaired) electrons. The van der Waals surface area contributed by atoms with Gasteiger partial charge in [-0.25, -0.2) is 9.97 Å². The third-order valence-electron chi connectivity index (χ3n) is 4.57. The Hall–Kier alpha value is -2.52. The molecule has 1 amide bonds. The lowest BCUT2D eigenvalue weighted by Gasteiger charge is -2.08. The maximum absolute atomic E-state index is 11.9. The highest BCUT2D eigenvalue weighted by Gasteiger charge is 2.29. The molecule has 0 unspecified atom stereocenters. The number of carbonyl (C=O) groups is 1. The zero-order valence-corrected chi connectivity index (χ0v) is 18.8. The standard InChI is InChI=1S/C21H24N6OS2/c1-4-17-24-19(26-20-22-11-16(30-20)12(2)3)27-21(25-17)29-15-9-7-14(8-10-15)23-18(28)13-5-6-13/h7-13H,4-6H2,1-3H3,(H,23,28)(H,22,24,25,26,27). The topological polar surface area (TPSA) is 92.7 Å². The van der Waals surface area contributed by atoms with Crippen LogP contribution < -0.4 is 10.6 Å². The molecular formula is C21H24N6OS2. The van der Waals surface area contributed by atoms with E-state index < -0.39 is 0 Å². The number of anilines is 3. The monoisotopic (exact) mass is 440 g/mol. The van der Waals surface area contributed by atoms with E-state index in [9.17, 15) is 4.79 Å². The Morgan fingerprint density at radius 3 is 2.60 bits per heavy atom. The number of nitrogens with one attached hydrogen (secondary N) is 2. The predicted molar refractivity (Wildman–Crippen MR) is 121 cm³/mol. The molecule has 1 fully saturated rings. The third-order valence-corrected chi connectivity index (χ3v) is 6.65. The van der Waals surface area contributed by atoms with Crippen LogP contribution in [0.2, 0.25) is 0 Å². The van der Waals surface area contributed by atoms with Crippen LogP contribution in [0.1, 0.15) is 50.2 Å². The molecule has 0 saturated heterocycles. The molecule has 156 valence electrons. The summed E-state index contributed by atoms with van der Waals surface area (Å²) in [5, 5.41) is 7.57. The smallest absolute Gasteiger partial charge is 0.233 e. The number of thiazole rings is 1. The summed E-state index contributed by atoms with van der Waals surface area (Å²) in [5.74, 6) is 1.97. The molecular weight excluding hydrogens is 416 g/mol. The molecule has 1 aliphatic rings. The van der Waals surface area contributed by atoms with Crippen molar-refractivity contribution in [3.63, 3.8) is 0 Å². The number of hydrogen-bond donors (Lipinski definition) is 2. The molecule has 3 aromatic rings. The van der Waals surface area contributed by atoms with Crippen LogP contribution in [0.3, 0.4) is 0 Å². The van der Waals surface area contributed by atoms with Gasteiger partial charge in [0.15, 0.2) is 10.3 Å².